The third-order valence-corrected chi connectivity index (χ3v) is 7.75. The number of carbonyl (C=O) groups is 1. The van der Waals surface area contributed by atoms with Crippen molar-refractivity contribution in [1.29, 1.82) is 0 Å². The minimum atomic E-state index is -0.605. The Labute approximate surface area is 215 Å². The third-order valence-electron chi connectivity index (χ3n) is 5.85. The molecule has 2 aromatic heterocycles. The molecule has 0 N–H and O–H groups in total. The molecule has 0 saturated heterocycles. The van der Waals surface area contributed by atoms with Gasteiger partial charge < -0.3 is 9.47 Å². The van der Waals surface area contributed by atoms with Gasteiger partial charge in [0.15, 0.2) is 4.80 Å². The monoisotopic (exact) mass is 514 g/mol. The third kappa shape index (κ3) is 4.17. The molecule has 5 rings (SSSR count). The number of benzene rings is 2. The standard InChI is InChI=1S/C28H22N2O4S2/c1-4-14-34-21-13-12-18-9-6-7-10-19(18)20(21)16-23-26(31)30-25(22-11-8-15-35-22)24(27(32)33-5-2)17(3)29-28(30)36-23/h1,6-13,15-16,25H,5,14H2,2-3H3/b23-16-/t25-/m1/s1. The molecule has 0 unspecified atom stereocenters. The normalized spacial score (nSPS) is 15.4. The van der Waals surface area contributed by atoms with E-state index in [-0.39, 0.29) is 18.8 Å². The molecule has 2 aromatic carbocycles. The van der Waals surface area contributed by atoms with E-state index in [1.165, 1.54) is 22.7 Å². The summed E-state index contributed by atoms with van der Waals surface area (Å²) >= 11 is 2.76. The number of hydrogen-bond acceptors (Lipinski definition) is 7. The molecule has 4 aromatic rings. The Kier molecular flexibility index (Phi) is 6.59. The fourth-order valence-corrected chi connectivity index (χ4v) is 6.16. The molecule has 1 aliphatic heterocycles. The highest BCUT2D eigenvalue weighted by atomic mass is 32.1. The Morgan fingerprint density at radius 3 is 2.81 bits per heavy atom. The summed E-state index contributed by atoms with van der Waals surface area (Å²) < 4.78 is 13.2. The average molecular weight is 515 g/mol. The zero-order valence-electron chi connectivity index (χ0n) is 19.7. The first-order chi connectivity index (χ1) is 17.5. The summed E-state index contributed by atoms with van der Waals surface area (Å²) in [5.74, 6) is 2.62. The van der Waals surface area contributed by atoms with Crippen molar-refractivity contribution in [3.05, 3.63) is 95.3 Å². The maximum Gasteiger partial charge on any atom is 0.338 e. The number of allylic oxidation sites excluding steroid dienone is 1. The van der Waals surface area contributed by atoms with Crippen LogP contribution in [0.5, 0.6) is 5.75 Å². The van der Waals surface area contributed by atoms with Crippen LogP contribution in [0.25, 0.3) is 16.8 Å². The molecule has 1 aliphatic rings. The summed E-state index contributed by atoms with van der Waals surface area (Å²) in [5.41, 5.74) is 1.45. The van der Waals surface area contributed by atoms with Gasteiger partial charge in [0.05, 0.1) is 22.4 Å². The lowest BCUT2D eigenvalue weighted by molar-refractivity contribution is -0.139. The van der Waals surface area contributed by atoms with Crippen molar-refractivity contribution in [2.24, 2.45) is 4.99 Å². The molecule has 180 valence electrons. The van der Waals surface area contributed by atoms with Crippen molar-refractivity contribution >= 4 is 45.5 Å². The SMILES string of the molecule is C#CCOc1ccc2ccccc2c1/C=c1\sc2n(c1=O)[C@H](c1cccs1)C(C(=O)OCC)=C(C)N=2. The van der Waals surface area contributed by atoms with E-state index in [1.54, 1.807) is 18.4 Å². The summed E-state index contributed by atoms with van der Waals surface area (Å²) in [6, 6.07) is 14.9. The van der Waals surface area contributed by atoms with Crippen LogP contribution < -0.4 is 19.6 Å². The van der Waals surface area contributed by atoms with Crippen LogP contribution in [-0.4, -0.2) is 23.8 Å². The molecule has 36 heavy (non-hydrogen) atoms. The highest BCUT2D eigenvalue weighted by molar-refractivity contribution is 7.10. The molecule has 0 radical (unpaired) electrons. The smallest absolute Gasteiger partial charge is 0.338 e. The molecule has 1 atom stereocenters. The molecule has 0 amide bonds. The maximum absolute atomic E-state index is 13.9. The number of rotatable bonds is 6. The van der Waals surface area contributed by atoms with Gasteiger partial charge in [-0.3, -0.25) is 9.36 Å². The molecule has 3 heterocycles. The van der Waals surface area contributed by atoms with Crippen LogP contribution in [0, 0.1) is 12.3 Å². The minimum absolute atomic E-state index is 0.112. The van der Waals surface area contributed by atoms with Gasteiger partial charge in [0.1, 0.15) is 18.4 Å². The molecule has 0 aliphatic carbocycles. The van der Waals surface area contributed by atoms with Crippen LogP contribution in [0.15, 0.2) is 75.0 Å². The zero-order valence-corrected chi connectivity index (χ0v) is 21.3. The van der Waals surface area contributed by atoms with Crippen LogP contribution in [0.2, 0.25) is 0 Å². The largest absolute Gasteiger partial charge is 0.480 e. The van der Waals surface area contributed by atoms with E-state index in [0.29, 0.717) is 26.4 Å². The topological polar surface area (TPSA) is 69.9 Å². The number of thiophene rings is 1. The Bertz CT molecular complexity index is 1720. The lowest BCUT2D eigenvalue weighted by atomic mass is 10.0. The van der Waals surface area contributed by atoms with E-state index in [0.717, 1.165) is 21.2 Å². The quantitative estimate of drug-likeness (QED) is 0.288. The second-order valence-corrected chi connectivity index (χ2v) is 10.00. The van der Waals surface area contributed by atoms with Gasteiger partial charge in [-0.05, 0) is 48.2 Å². The van der Waals surface area contributed by atoms with Crippen LogP contribution in [0.3, 0.4) is 0 Å². The number of ether oxygens (including phenoxy) is 2. The Hall–Kier alpha value is -3.93. The van der Waals surface area contributed by atoms with Gasteiger partial charge in [-0.2, -0.15) is 0 Å². The molecule has 0 saturated carbocycles. The second-order valence-electron chi connectivity index (χ2n) is 8.01. The number of hydrogen-bond donors (Lipinski definition) is 0. The number of nitrogens with zero attached hydrogens (tertiary/aromatic N) is 2. The van der Waals surface area contributed by atoms with Crippen molar-refractivity contribution in [2.45, 2.75) is 19.9 Å². The van der Waals surface area contributed by atoms with Crippen molar-refractivity contribution in [1.82, 2.24) is 4.57 Å². The second kappa shape index (κ2) is 9.97. The first-order valence-corrected chi connectivity index (χ1v) is 13.0. The van der Waals surface area contributed by atoms with Gasteiger partial charge >= 0.3 is 5.97 Å². The molecule has 0 fully saturated rings. The average Bonchev–Trinajstić information content (AvgIpc) is 3.51. The van der Waals surface area contributed by atoms with Crippen LogP contribution in [0.1, 0.15) is 30.3 Å². The molecule has 0 bridgehead atoms. The predicted octanol–water partition coefficient (Wildman–Crippen LogP) is 4.03. The fraction of sp³-hybridized carbons (Fsp3) is 0.179. The minimum Gasteiger partial charge on any atom is -0.480 e. The van der Waals surface area contributed by atoms with Crippen LogP contribution >= 0.6 is 22.7 Å². The number of fused-ring (bicyclic) bond motifs is 2. The van der Waals surface area contributed by atoms with Gasteiger partial charge in [0.25, 0.3) is 5.56 Å². The highest BCUT2D eigenvalue weighted by Crippen LogP contribution is 2.33. The number of aromatic nitrogens is 1. The molecule has 0 spiro atoms. The summed E-state index contributed by atoms with van der Waals surface area (Å²) in [4.78, 5) is 32.8. The van der Waals surface area contributed by atoms with Crippen LogP contribution in [-0.2, 0) is 9.53 Å². The molecular formula is C28H22N2O4S2. The highest BCUT2D eigenvalue weighted by Gasteiger charge is 2.33. The Morgan fingerprint density at radius 2 is 2.06 bits per heavy atom. The lowest BCUT2D eigenvalue weighted by Crippen LogP contribution is -2.39. The molecule has 6 nitrogen and oxygen atoms in total. The summed E-state index contributed by atoms with van der Waals surface area (Å²) in [5, 5.41) is 3.88. The first-order valence-electron chi connectivity index (χ1n) is 11.3. The van der Waals surface area contributed by atoms with Crippen LogP contribution in [0.4, 0.5) is 0 Å². The van der Waals surface area contributed by atoms with E-state index in [2.05, 4.69) is 10.9 Å². The van der Waals surface area contributed by atoms with Gasteiger partial charge in [-0.15, -0.1) is 17.8 Å². The van der Waals surface area contributed by atoms with E-state index < -0.39 is 12.0 Å². The van der Waals surface area contributed by atoms with Crippen molar-refractivity contribution in [2.75, 3.05) is 13.2 Å². The van der Waals surface area contributed by atoms with E-state index in [4.69, 9.17) is 15.9 Å². The number of terminal acetylenes is 1. The fourth-order valence-electron chi connectivity index (χ4n) is 4.31. The number of carbonyl (C=O) groups excluding carboxylic acids is 1. The Balaban J connectivity index is 1.76. The zero-order chi connectivity index (χ0) is 25.2. The summed E-state index contributed by atoms with van der Waals surface area (Å²) in [7, 11) is 0. The first kappa shape index (κ1) is 23.8. The van der Waals surface area contributed by atoms with Gasteiger partial charge in [-0.1, -0.05) is 53.7 Å². The van der Waals surface area contributed by atoms with E-state index in [1.807, 2.05) is 60.0 Å². The molecule has 8 heteroatoms. The predicted molar refractivity (Wildman–Crippen MR) is 143 cm³/mol. The van der Waals surface area contributed by atoms with Gasteiger partial charge in [0, 0.05) is 10.4 Å². The summed E-state index contributed by atoms with van der Waals surface area (Å²) in [6.07, 6.45) is 7.25. The molecular weight excluding hydrogens is 492 g/mol. The van der Waals surface area contributed by atoms with Crippen molar-refractivity contribution < 1.29 is 14.3 Å². The lowest BCUT2D eigenvalue weighted by Gasteiger charge is -2.23. The van der Waals surface area contributed by atoms with E-state index in [9.17, 15) is 9.59 Å². The Morgan fingerprint density at radius 1 is 1.22 bits per heavy atom. The van der Waals surface area contributed by atoms with E-state index >= 15 is 0 Å². The van der Waals surface area contributed by atoms with Gasteiger partial charge in [0.2, 0.25) is 0 Å². The van der Waals surface area contributed by atoms with Crippen molar-refractivity contribution in [3.8, 4) is 18.1 Å². The van der Waals surface area contributed by atoms with Gasteiger partial charge in [-0.25, -0.2) is 9.79 Å². The van der Waals surface area contributed by atoms with Crippen molar-refractivity contribution in [3.63, 3.8) is 0 Å². The maximum atomic E-state index is 13.9. The number of thiazole rings is 1. The number of esters is 1. The summed E-state index contributed by atoms with van der Waals surface area (Å²) in [6.45, 7) is 3.88.